The van der Waals surface area contributed by atoms with E-state index in [4.69, 9.17) is 9.47 Å². The van der Waals surface area contributed by atoms with E-state index in [9.17, 15) is 4.79 Å². The first-order valence-electron chi connectivity index (χ1n) is 8.21. The lowest BCUT2D eigenvalue weighted by Gasteiger charge is -2.10. The van der Waals surface area contributed by atoms with Crippen LogP contribution in [0.15, 0.2) is 48.5 Å². The van der Waals surface area contributed by atoms with E-state index in [2.05, 4.69) is 31.3 Å². The van der Waals surface area contributed by atoms with Gasteiger partial charge in [-0.15, -0.1) is 0 Å². The highest BCUT2D eigenvalue weighted by Gasteiger charge is 2.04. The summed E-state index contributed by atoms with van der Waals surface area (Å²) < 4.78 is 10.7. The molecule has 0 aromatic heterocycles. The summed E-state index contributed by atoms with van der Waals surface area (Å²) >= 11 is 0. The average Bonchev–Trinajstić information content (AvgIpc) is 2.60. The Morgan fingerprint density at radius 3 is 2.21 bits per heavy atom. The molecular weight excluding hydrogens is 302 g/mol. The molecule has 1 N–H and O–H groups in total. The molecule has 0 bridgehead atoms. The molecule has 0 aliphatic carbocycles. The zero-order valence-electron chi connectivity index (χ0n) is 14.5. The Morgan fingerprint density at radius 1 is 1.00 bits per heavy atom. The lowest BCUT2D eigenvalue weighted by atomic mass is 10.0. The summed E-state index contributed by atoms with van der Waals surface area (Å²) in [4.78, 5) is 11.9. The molecular formula is C20H25NO3. The van der Waals surface area contributed by atoms with Gasteiger partial charge in [-0.05, 0) is 41.3 Å². The lowest BCUT2D eigenvalue weighted by Crippen LogP contribution is -2.29. The molecule has 0 heterocycles. The van der Waals surface area contributed by atoms with Gasteiger partial charge in [0.1, 0.15) is 18.1 Å². The van der Waals surface area contributed by atoms with Crippen LogP contribution >= 0.6 is 0 Å². The monoisotopic (exact) mass is 327 g/mol. The number of amides is 1. The highest BCUT2D eigenvalue weighted by Crippen LogP contribution is 2.18. The summed E-state index contributed by atoms with van der Waals surface area (Å²) in [6.07, 6.45) is 0.354. The van der Waals surface area contributed by atoms with Crippen LogP contribution in [0.2, 0.25) is 0 Å². The molecule has 128 valence electrons. The fraction of sp³-hybridized carbons (Fsp3) is 0.350. The average molecular weight is 327 g/mol. The minimum atomic E-state index is -0.0149. The van der Waals surface area contributed by atoms with Gasteiger partial charge in [0.2, 0.25) is 5.91 Å². The van der Waals surface area contributed by atoms with Gasteiger partial charge in [0.05, 0.1) is 20.1 Å². The minimum Gasteiger partial charge on any atom is -0.497 e. The van der Waals surface area contributed by atoms with Crippen molar-refractivity contribution >= 4 is 5.91 Å². The molecule has 2 rings (SSSR count). The van der Waals surface area contributed by atoms with E-state index in [1.165, 1.54) is 5.56 Å². The van der Waals surface area contributed by atoms with Gasteiger partial charge in [0.15, 0.2) is 0 Å². The molecule has 0 saturated heterocycles. The van der Waals surface area contributed by atoms with Crippen LogP contribution in [0, 0.1) is 0 Å². The lowest BCUT2D eigenvalue weighted by molar-refractivity contribution is -0.120. The molecule has 0 fully saturated rings. The summed E-state index contributed by atoms with van der Waals surface area (Å²) in [5.74, 6) is 2.11. The van der Waals surface area contributed by atoms with Gasteiger partial charge >= 0.3 is 0 Å². The second-order valence-electron chi connectivity index (χ2n) is 5.95. The van der Waals surface area contributed by atoms with Crippen molar-refractivity contribution in [1.29, 1.82) is 0 Å². The molecule has 1 amide bonds. The molecule has 0 saturated carbocycles. The standard InChI is InChI=1S/C20H25NO3/c1-15(2)17-6-10-19(11-7-17)24-13-12-21-20(22)14-16-4-8-18(23-3)9-5-16/h4-11,15H,12-14H2,1-3H3,(H,21,22). The van der Waals surface area contributed by atoms with Crippen molar-refractivity contribution in [3.63, 3.8) is 0 Å². The Kier molecular flexibility index (Phi) is 6.67. The third-order valence-electron chi connectivity index (χ3n) is 3.76. The van der Waals surface area contributed by atoms with Crippen molar-refractivity contribution in [2.24, 2.45) is 0 Å². The van der Waals surface area contributed by atoms with E-state index in [0.29, 0.717) is 25.5 Å². The van der Waals surface area contributed by atoms with E-state index in [-0.39, 0.29) is 5.91 Å². The largest absolute Gasteiger partial charge is 0.497 e. The summed E-state index contributed by atoms with van der Waals surface area (Å²) in [6, 6.07) is 15.6. The zero-order chi connectivity index (χ0) is 17.4. The molecule has 0 radical (unpaired) electrons. The molecule has 4 nitrogen and oxygen atoms in total. The third kappa shape index (κ3) is 5.61. The van der Waals surface area contributed by atoms with Crippen LogP contribution in [-0.4, -0.2) is 26.2 Å². The van der Waals surface area contributed by atoms with Gasteiger partial charge in [-0.3, -0.25) is 4.79 Å². The first-order chi connectivity index (χ1) is 11.6. The quantitative estimate of drug-likeness (QED) is 0.754. The van der Waals surface area contributed by atoms with Crippen LogP contribution in [0.25, 0.3) is 0 Å². The van der Waals surface area contributed by atoms with Crippen molar-refractivity contribution in [3.8, 4) is 11.5 Å². The maximum Gasteiger partial charge on any atom is 0.224 e. The van der Waals surface area contributed by atoms with Crippen LogP contribution in [0.4, 0.5) is 0 Å². The highest BCUT2D eigenvalue weighted by molar-refractivity contribution is 5.78. The number of methoxy groups -OCH3 is 1. The van der Waals surface area contributed by atoms with Crippen LogP contribution in [-0.2, 0) is 11.2 Å². The first-order valence-corrected chi connectivity index (χ1v) is 8.21. The van der Waals surface area contributed by atoms with Gasteiger partial charge in [0, 0.05) is 0 Å². The van der Waals surface area contributed by atoms with Crippen LogP contribution in [0.1, 0.15) is 30.9 Å². The number of carbonyl (C=O) groups is 1. The fourth-order valence-corrected chi connectivity index (χ4v) is 2.30. The molecule has 0 aliphatic rings. The number of rotatable bonds is 8. The Bertz CT molecular complexity index is 633. The maximum absolute atomic E-state index is 11.9. The summed E-state index contributed by atoms with van der Waals surface area (Å²) in [5.41, 5.74) is 2.24. The SMILES string of the molecule is COc1ccc(CC(=O)NCCOc2ccc(C(C)C)cc2)cc1. The fourth-order valence-electron chi connectivity index (χ4n) is 2.30. The first kappa shape index (κ1) is 17.9. The van der Waals surface area contributed by atoms with Crippen LogP contribution < -0.4 is 14.8 Å². The molecule has 4 heteroatoms. The van der Waals surface area contributed by atoms with Gasteiger partial charge in [-0.2, -0.15) is 0 Å². The second kappa shape index (κ2) is 8.96. The Balaban J connectivity index is 1.68. The molecule has 0 unspecified atom stereocenters. The number of carbonyl (C=O) groups excluding carboxylic acids is 1. The predicted molar refractivity (Wildman–Crippen MR) is 95.7 cm³/mol. The van der Waals surface area contributed by atoms with Gasteiger partial charge < -0.3 is 14.8 Å². The summed E-state index contributed by atoms with van der Waals surface area (Å²) in [6.45, 7) is 5.26. The van der Waals surface area contributed by atoms with E-state index < -0.39 is 0 Å². The van der Waals surface area contributed by atoms with Gasteiger partial charge in [0.25, 0.3) is 0 Å². The van der Waals surface area contributed by atoms with E-state index in [1.54, 1.807) is 7.11 Å². The number of ether oxygens (including phenoxy) is 2. The summed E-state index contributed by atoms with van der Waals surface area (Å²) in [5, 5.41) is 2.86. The number of nitrogens with one attached hydrogen (secondary N) is 1. The Hall–Kier alpha value is -2.49. The van der Waals surface area contributed by atoms with E-state index in [0.717, 1.165) is 17.1 Å². The van der Waals surface area contributed by atoms with Gasteiger partial charge in [-0.1, -0.05) is 38.1 Å². The number of benzene rings is 2. The number of hydrogen-bond donors (Lipinski definition) is 1. The summed E-state index contributed by atoms with van der Waals surface area (Å²) in [7, 11) is 1.62. The van der Waals surface area contributed by atoms with Crippen molar-refractivity contribution in [2.45, 2.75) is 26.2 Å². The maximum atomic E-state index is 11.9. The third-order valence-corrected chi connectivity index (χ3v) is 3.76. The van der Waals surface area contributed by atoms with Crippen LogP contribution in [0.3, 0.4) is 0 Å². The van der Waals surface area contributed by atoms with E-state index in [1.807, 2.05) is 36.4 Å². The topological polar surface area (TPSA) is 47.6 Å². The van der Waals surface area contributed by atoms with E-state index >= 15 is 0 Å². The van der Waals surface area contributed by atoms with Crippen molar-refractivity contribution in [2.75, 3.05) is 20.3 Å². The normalized spacial score (nSPS) is 10.5. The zero-order valence-corrected chi connectivity index (χ0v) is 14.5. The number of hydrogen-bond acceptors (Lipinski definition) is 3. The molecule has 0 aliphatic heterocycles. The van der Waals surface area contributed by atoms with Crippen LogP contribution in [0.5, 0.6) is 11.5 Å². The van der Waals surface area contributed by atoms with Crippen molar-refractivity contribution in [3.05, 3.63) is 59.7 Å². The van der Waals surface area contributed by atoms with Crippen molar-refractivity contribution in [1.82, 2.24) is 5.32 Å². The van der Waals surface area contributed by atoms with Crippen molar-refractivity contribution < 1.29 is 14.3 Å². The molecule has 2 aromatic carbocycles. The smallest absolute Gasteiger partial charge is 0.224 e. The minimum absolute atomic E-state index is 0.0149. The molecule has 0 atom stereocenters. The molecule has 0 spiro atoms. The predicted octanol–water partition coefficient (Wildman–Crippen LogP) is 3.56. The Labute approximate surface area is 143 Å². The molecule has 2 aromatic rings. The van der Waals surface area contributed by atoms with Gasteiger partial charge in [-0.25, -0.2) is 0 Å². The second-order valence-corrected chi connectivity index (χ2v) is 5.95. The Morgan fingerprint density at radius 2 is 1.62 bits per heavy atom. The molecule has 24 heavy (non-hydrogen) atoms. The highest BCUT2D eigenvalue weighted by atomic mass is 16.5.